The minimum atomic E-state index is -1.07. The molecule has 2 aromatic carbocycles. The molecule has 35 heavy (non-hydrogen) atoms. The molecular formula is C27H31N3O5. The number of carbonyl (C=O) groups excluding carboxylic acids is 3. The molecule has 0 bridgehead atoms. The molecule has 8 nitrogen and oxygen atoms in total. The Kier molecular flexibility index (Phi) is 7.19. The molecule has 2 aliphatic heterocycles. The first-order valence-corrected chi connectivity index (χ1v) is 12.1. The Hall–Kier alpha value is -3.68. The first kappa shape index (κ1) is 24.4. The van der Waals surface area contributed by atoms with Crippen LogP contribution in [0.3, 0.4) is 0 Å². The Morgan fingerprint density at radius 3 is 2.49 bits per heavy atom. The van der Waals surface area contributed by atoms with Crippen molar-refractivity contribution < 1.29 is 24.3 Å². The first-order chi connectivity index (χ1) is 16.8. The van der Waals surface area contributed by atoms with Crippen molar-refractivity contribution >= 4 is 29.4 Å². The van der Waals surface area contributed by atoms with E-state index in [1.807, 2.05) is 62.4 Å². The fourth-order valence-corrected chi connectivity index (χ4v) is 4.93. The highest BCUT2D eigenvalue weighted by Crippen LogP contribution is 2.39. The highest BCUT2D eigenvalue weighted by atomic mass is 16.4. The van der Waals surface area contributed by atoms with Crippen LogP contribution in [0, 0.1) is 5.92 Å². The summed E-state index contributed by atoms with van der Waals surface area (Å²) in [7, 11) is 0. The van der Waals surface area contributed by atoms with Crippen molar-refractivity contribution in [3.8, 4) is 0 Å². The topological polar surface area (TPSA) is 116 Å². The Labute approximate surface area is 204 Å². The molecule has 3 amide bonds. The van der Waals surface area contributed by atoms with Crippen LogP contribution in [0.4, 0.5) is 5.69 Å². The summed E-state index contributed by atoms with van der Waals surface area (Å²) in [5, 5.41) is 15.4. The number of nitrogens with one attached hydrogen (secondary N) is 2. The van der Waals surface area contributed by atoms with Crippen LogP contribution in [0.15, 0.2) is 48.5 Å². The Morgan fingerprint density at radius 2 is 1.80 bits per heavy atom. The molecule has 0 saturated heterocycles. The van der Waals surface area contributed by atoms with Gasteiger partial charge in [0.2, 0.25) is 17.7 Å². The molecule has 2 aromatic rings. The molecule has 0 unspecified atom stereocenters. The van der Waals surface area contributed by atoms with E-state index >= 15 is 0 Å². The molecule has 0 saturated carbocycles. The lowest BCUT2D eigenvalue weighted by atomic mass is 9.96. The van der Waals surface area contributed by atoms with Gasteiger partial charge in [-0.05, 0) is 35.4 Å². The zero-order valence-electron chi connectivity index (χ0n) is 20.0. The van der Waals surface area contributed by atoms with E-state index in [9.17, 15) is 24.3 Å². The van der Waals surface area contributed by atoms with Crippen LogP contribution in [-0.4, -0.2) is 46.9 Å². The number of carboxylic acids is 1. The highest BCUT2D eigenvalue weighted by molar-refractivity contribution is 6.07. The third kappa shape index (κ3) is 5.06. The van der Waals surface area contributed by atoms with Gasteiger partial charge in [-0.3, -0.25) is 19.3 Å². The number of carboxylic acid groups (broad SMARTS) is 1. The lowest BCUT2D eigenvalue weighted by molar-refractivity contribution is -0.140. The fraction of sp³-hybridized carbons (Fsp3) is 0.407. The largest absolute Gasteiger partial charge is 0.480 e. The average Bonchev–Trinajstić information content (AvgIpc) is 3.19. The van der Waals surface area contributed by atoms with E-state index in [1.165, 1.54) is 4.90 Å². The van der Waals surface area contributed by atoms with Crippen LogP contribution in [0.1, 0.15) is 43.4 Å². The maximum Gasteiger partial charge on any atom is 0.327 e. The summed E-state index contributed by atoms with van der Waals surface area (Å²) in [4.78, 5) is 52.8. The molecule has 184 valence electrons. The van der Waals surface area contributed by atoms with Crippen molar-refractivity contribution in [1.82, 2.24) is 10.6 Å². The SMILES string of the molecule is CC[C@H](C)[C@H](NC(=O)Cc1ccccc1)C(=O)N[C@H]1CCc2cccc3c2N(C1=O)[C@H](C(=O)O)C3. The van der Waals surface area contributed by atoms with Crippen LogP contribution >= 0.6 is 0 Å². The Balaban J connectivity index is 1.51. The predicted octanol–water partition coefficient (Wildman–Crippen LogP) is 2.23. The Morgan fingerprint density at radius 1 is 1.09 bits per heavy atom. The van der Waals surface area contributed by atoms with Crippen LogP contribution < -0.4 is 15.5 Å². The van der Waals surface area contributed by atoms with E-state index in [2.05, 4.69) is 10.6 Å². The summed E-state index contributed by atoms with van der Waals surface area (Å²) in [6.45, 7) is 3.82. The molecule has 0 fully saturated rings. The molecule has 0 aromatic heterocycles. The van der Waals surface area contributed by atoms with Crippen LogP contribution in [0.25, 0.3) is 0 Å². The number of anilines is 1. The second kappa shape index (κ2) is 10.3. The van der Waals surface area contributed by atoms with Gasteiger partial charge in [0.15, 0.2) is 0 Å². The number of amides is 3. The van der Waals surface area contributed by atoms with Gasteiger partial charge in [0, 0.05) is 6.42 Å². The van der Waals surface area contributed by atoms with Crippen molar-refractivity contribution in [3.05, 3.63) is 65.2 Å². The number of carbonyl (C=O) groups is 4. The second-order valence-corrected chi connectivity index (χ2v) is 9.38. The van der Waals surface area contributed by atoms with E-state index in [1.54, 1.807) is 0 Å². The average molecular weight is 478 g/mol. The summed E-state index contributed by atoms with van der Waals surface area (Å²) in [6, 6.07) is 12.2. The minimum Gasteiger partial charge on any atom is -0.480 e. The lowest BCUT2D eigenvalue weighted by Gasteiger charge is -2.29. The summed E-state index contributed by atoms with van der Waals surface area (Å²) in [5.41, 5.74) is 3.25. The van der Waals surface area contributed by atoms with E-state index < -0.39 is 35.9 Å². The third-order valence-corrected chi connectivity index (χ3v) is 7.03. The second-order valence-electron chi connectivity index (χ2n) is 9.38. The minimum absolute atomic E-state index is 0.148. The monoisotopic (exact) mass is 477 g/mol. The molecule has 0 spiro atoms. The normalized spacial score (nSPS) is 20.4. The molecule has 0 radical (unpaired) electrons. The number of hydrogen-bond donors (Lipinski definition) is 3. The van der Waals surface area contributed by atoms with Crippen molar-refractivity contribution in [2.24, 2.45) is 5.92 Å². The molecule has 8 heteroatoms. The summed E-state index contributed by atoms with van der Waals surface area (Å²) >= 11 is 0. The van der Waals surface area contributed by atoms with Crippen LogP contribution in [0.5, 0.6) is 0 Å². The zero-order valence-corrected chi connectivity index (χ0v) is 20.0. The number of aryl methyl sites for hydroxylation is 1. The van der Waals surface area contributed by atoms with Gasteiger partial charge in [-0.15, -0.1) is 0 Å². The number of para-hydroxylation sites is 1. The quantitative estimate of drug-likeness (QED) is 0.539. The van der Waals surface area contributed by atoms with E-state index in [-0.39, 0.29) is 24.7 Å². The van der Waals surface area contributed by atoms with Gasteiger partial charge in [-0.25, -0.2) is 4.79 Å². The molecule has 2 aliphatic rings. The standard InChI is InChI=1S/C27H31N3O5/c1-3-16(2)23(29-22(31)14-17-8-5-4-6-9-17)25(32)28-20-13-12-18-10-7-11-19-15-21(27(34)35)30(24(18)19)26(20)33/h4-11,16,20-21,23H,3,12-15H2,1-2H3,(H,28,32)(H,29,31)(H,34,35)/t16-,20-,21-,23-/m0/s1. The van der Waals surface area contributed by atoms with Gasteiger partial charge in [-0.2, -0.15) is 0 Å². The number of benzene rings is 2. The van der Waals surface area contributed by atoms with Crippen molar-refractivity contribution in [1.29, 1.82) is 0 Å². The summed E-state index contributed by atoms with van der Waals surface area (Å²) < 4.78 is 0. The van der Waals surface area contributed by atoms with Crippen molar-refractivity contribution in [2.75, 3.05) is 4.90 Å². The number of rotatable bonds is 8. The molecule has 4 rings (SSSR count). The van der Waals surface area contributed by atoms with Crippen molar-refractivity contribution in [3.63, 3.8) is 0 Å². The molecule has 0 aliphatic carbocycles. The van der Waals surface area contributed by atoms with Gasteiger partial charge in [-0.1, -0.05) is 68.8 Å². The van der Waals surface area contributed by atoms with Gasteiger partial charge in [0.25, 0.3) is 0 Å². The summed E-state index contributed by atoms with van der Waals surface area (Å²) in [6.07, 6.45) is 1.95. The number of aliphatic carboxylic acids is 1. The van der Waals surface area contributed by atoms with E-state index in [4.69, 9.17) is 0 Å². The molecular weight excluding hydrogens is 446 g/mol. The number of hydrogen-bond acceptors (Lipinski definition) is 4. The maximum absolute atomic E-state index is 13.5. The van der Waals surface area contributed by atoms with Crippen LogP contribution in [0.2, 0.25) is 0 Å². The smallest absolute Gasteiger partial charge is 0.327 e. The predicted molar refractivity (Wildman–Crippen MR) is 131 cm³/mol. The van der Waals surface area contributed by atoms with Gasteiger partial charge in [0.05, 0.1) is 12.1 Å². The Bertz CT molecular complexity index is 1130. The highest BCUT2D eigenvalue weighted by Gasteiger charge is 2.44. The molecule has 2 heterocycles. The van der Waals surface area contributed by atoms with Crippen LogP contribution in [-0.2, 0) is 38.4 Å². The maximum atomic E-state index is 13.5. The van der Waals surface area contributed by atoms with E-state index in [0.717, 1.165) is 16.7 Å². The van der Waals surface area contributed by atoms with Gasteiger partial charge in [0.1, 0.15) is 18.1 Å². The van der Waals surface area contributed by atoms with E-state index in [0.29, 0.717) is 24.9 Å². The van der Waals surface area contributed by atoms with Gasteiger partial charge < -0.3 is 15.7 Å². The number of nitrogens with zero attached hydrogens (tertiary/aromatic N) is 1. The molecule has 4 atom stereocenters. The van der Waals surface area contributed by atoms with Crippen molar-refractivity contribution in [2.45, 2.75) is 64.1 Å². The zero-order chi connectivity index (χ0) is 25.1. The first-order valence-electron chi connectivity index (χ1n) is 12.1. The lowest BCUT2D eigenvalue weighted by Crippen LogP contribution is -2.57. The fourth-order valence-electron chi connectivity index (χ4n) is 4.93. The third-order valence-electron chi connectivity index (χ3n) is 7.03. The van der Waals surface area contributed by atoms with Gasteiger partial charge >= 0.3 is 5.97 Å². The molecule has 3 N–H and O–H groups in total. The summed E-state index contributed by atoms with van der Waals surface area (Å²) in [5.74, 6) is -2.35.